The van der Waals surface area contributed by atoms with Crippen LogP contribution < -0.4 is 20.1 Å². The molecule has 0 saturated heterocycles. The van der Waals surface area contributed by atoms with E-state index in [1.807, 2.05) is 62.4 Å². The SMILES string of the molecule is CCNC(=NCc1cccc(OCC(=O)N(C)C)c1)NCc1ccccc1OCC.I. The maximum absolute atomic E-state index is 11.7. The first-order valence-electron chi connectivity index (χ1n) is 10.2. The summed E-state index contributed by atoms with van der Waals surface area (Å²) in [4.78, 5) is 17.9. The van der Waals surface area contributed by atoms with E-state index in [4.69, 9.17) is 9.47 Å². The standard InChI is InChI=1S/C23H32N4O3.HI/c1-5-24-23(26-16-19-11-7-8-13-21(19)29-6-2)25-15-18-10-9-12-20(14-18)30-17-22(28)27(3)4;/h7-14H,5-6,15-17H2,1-4H3,(H2,24,25,26);1H. The van der Waals surface area contributed by atoms with Gasteiger partial charge in [-0.25, -0.2) is 4.99 Å². The molecule has 0 unspecified atom stereocenters. The molecule has 0 radical (unpaired) electrons. The fourth-order valence-electron chi connectivity index (χ4n) is 2.65. The monoisotopic (exact) mass is 540 g/mol. The van der Waals surface area contributed by atoms with Crippen molar-refractivity contribution in [1.29, 1.82) is 0 Å². The van der Waals surface area contributed by atoms with Gasteiger partial charge >= 0.3 is 0 Å². The van der Waals surface area contributed by atoms with Crippen molar-refractivity contribution in [2.45, 2.75) is 26.9 Å². The number of hydrogen-bond acceptors (Lipinski definition) is 4. The van der Waals surface area contributed by atoms with E-state index in [0.717, 1.165) is 29.4 Å². The van der Waals surface area contributed by atoms with Crippen LogP contribution in [0.3, 0.4) is 0 Å². The van der Waals surface area contributed by atoms with Crippen LogP contribution in [-0.4, -0.2) is 50.6 Å². The van der Waals surface area contributed by atoms with Gasteiger partial charge in [0.2, 0.25) is 0 Å². The Morgan fingerprint density at radius 2 is 1.81 bits per heavy atom. The molecule has 0 fully saturated rings. The van der Waals surface area contributed by atoms with Crippen LogP contribution >= 0.6 is 24.0 Å². The first kappa shape index (κ1) is 26.5. The largest absolute Gasteiger partial charge is 0.494 e. The summed E-state index contributed by atoms with van der Waals surface area (Å²) < 4.78 is 11.3. The van der Waals surface area contributed by atoms with Crippen molar-refractivity contribution in [3.63, 3.8) is 0 Å². The second-order valence-electron chi connectivity index (χ2n) is 6.81. The molecule has 0 atom stereocenters. The zero-order valence-corrected chi connectivity index (χ0v) is 21.0. The van der Waals surface area contributed by atoms with E-state index in [1.165, 1.54) is 4.90 Å². The van der Waals surface area contributed by atoms with Gasteiger partial charge in [-0.2, -0.15) is 0 Å². The van der Waals surface area contributed by atoms with E-state index in [0.29, 0.717) is 25.4 Å². The zero-order valence-electron chi connectivity index (χ0n) is 18.7. The number of para-hydroxylation sites is 1. The van der Waals surface area contributed by atoms with Crippen LogP contribution in [-0.2, 0) is 17.9 Å². The number of benzene rings is 2. The fourth-order valence-corrected chi connectivity index (χ4v) is 2.65. The quantitative estimate of drug-likeness (QED) is 0.275. The number of amides is 1. The molecule has 2 aromatic carbocycles. The molecule has 0 aliphatic carbocycles. The van der Waals surface area contributed by atoms with Crippen LogP contribution in [0.15, 0.2) is 53.5 Å². The summed E-state index contributed by atoms with van der Waals surface area (Å²) in [5.41, 5.74) is 2.07. The van der Waals surface area contributed by atoms with Gasteiger partial charge in [0.05, 0.1) is 13.2 Å². The number of rotatable bonds is 10. The van der Waals surface area contributed by atoms with Crippen LogP contribution in [0.2, 0.25) is 0 Å². The third-order valence-corrected chi connectivity index (χ3v) is 4.24. The summed E-state index contributed by atoms with van der Waals surface area (Å²) in [6, 6.07) is 15.6. The highest BCUT2D eigenvalue weighted by molar-refractivity contribution is 14.0. The molecule has 2 aromatic rings. The van der Waals surface area contributed by atoms with E-state index in [2.05, 4.69) is 15.6 Å². The molecule has 0 aromatic heterocycles. The number of aliphatic imine (C=N–C) groups is 1. The molecule has 0 heterocycles. The van der Waals surface area contributed by atoms with Crippen molar-refractivity contribution in [3.05, 3.63) is 59.7 Å². The predicted molar refractivity (Wildman–Crippen MR) is 135 cm³/mol. The molecule has 0 bridgehead atoms. The maximum atomic E-state index is 11.7. The van der Waals surface area contributed by atoms with Crippen molar-refractivity contribution in [3.8, 4) is 11.5 Å². The van der Waals surface area contributed by atoms with Crippen molar-refractivity contribution in [1.82, 2.24) is 15.5 Å². The van der Waals surface area contributed by atoms with E-state index in [-0.39, 0.29) is 36.5 Å². The summed E-state index contributed by atoms with van der Waals surface area (Å²) in [6.07, 6.45) is 0. The van der Waals surface area contributed by atoms with Crippen LogP contribution in [0.5, 0.6) is 11.5 Å². The molecule has 8 heteroatoms. The van der Waals surface area contributed by atoms with E-state index in [9.17, 15) is 4.79 Å². The second-order valence-corrected chi connectivity index (χ2v) is 6.81. The maximum Gasteiger partial charge on any atom is 0.259 e. The van der Waals surface area contributed by atoms with Gasteiger partial charge in [0.25, 0.3) is 5.91 Å². The van der Waals surface area contributed by atoms with Crippen molar-refractivity contribution in [2.24, 2.45) is 4.99 Å². The molecule has 2 rings (SSSR count). The Morgan fingerprint density at radius 3 is 2.52 bits per heavy atom. The lowest BCUT2D eigenvalue weighted by molar-refractivity contribution is -0.130. The fraction of sp³-hybridized carbons (Fsp3) is 0.391. The van der Waals surface area contributed by atoms with Crippen molar-refractivity contribution in [2.75, 3.05) is 33.9 Å². The van der Waals surface area contributed by atoms with Crippen LogP contribution in [0, 0.1) is 0 Å². The lowest BCUT2D eigenvalue weighted by atomic mass is 10.2. The predicted octanol–water partition coefficient (Wildman–Crippen LogP) is 3.43. The van der Waals surface area contributed by atoms with Gasteiger partial charge in [-0.15, -0.1) is 24.0 Å². The van der Waals surface area contributed by atoms with Crippen LogP contribution in [0.4, 0.5) is 0 Å². The van der Waals surface area contributed by atoms with Gasteiger partial charge in [-0.3, -0.25) is 4.79 Å². The number of carbonyl (C=O) groups excluding carboxylic acids is 1. The Morgan fingerprint density at radius 1 is 1.03 bits per heavy atom. The first-order chi connectivity index (χ1) is 14.5. The molecule has 0 spiro atoms. The number of ether oxygens (including phenoxy) is 2. The minimum absolute atomic E-state index is 0. The zero-order chi connectivity index (χ0) is 21.8. The second kappa shape index (κ2) is 14.5. The lowest BCUT2D eigenvalue weighted by Crippen LogP contribution is -2.36. The molecule has 170 valence electrons. The minimum Gasteiger partial charge on any atom is -0.494 e. The third kappa shape index (κ3) is 9.46. The van der Waals surface area contributed by atoms with Crippen LogP contribution in [0.1, 0.15) is 25.0 Å². The molecule has 0 aliphatic heterocycles. The Kier molecular flexibility index (Phi) is 12.4. The molecule has 0 aliphatic rings. The molecule has 31 heavy (non-hydrogen) atoms. The highest BCUT2D eigenvalue weighted by atomic mass is 127. The lowest BCUT2D eigenvalue weighted by Gasteiger charge is -2.14. The smallest absolute Gasteiger partial charge is 0.259 e. The summed E-state index contributed by atoms with van der Waals surface area (Å²) in [5.74, 6) is 2.17. The number of nitrogens with one attached hydrogen (secondary N) is 2. The van der Waals surface area contributed by atoms with Crippen molar-refractivity contribution < 1.29 is 14.3 Å². The highest BCUT2D eigenvalue weighted by Crippen LogP contribution is 2.17. The highest BCUT2D eigenvalue weighted by Gasteiger charge is 2.06. The third-order valence-electron chi connectivity index (χ3n) is 4.24. The number of guanidine groups is 1. The molecule has 1 amide bonds. The Balaban J connectivity index is 0.00000480. The van der Waals surface area contributed by atoms with E-state index < -0.39 is 0 Å². The number of halogens is 1. The number of carbonyl (C=O) groups is 1. The van der Waals surface area contributed by atoms with Gasteiger partial charge < -0.3 is 25.0 Å². The number of likely N-dealkylation sites (N-methyl/N-ethyl adjacent to an activating group) is 1. The van der Waals surface area contributed by atoms with E-state index in [1.54, 1.807) is 14.1 Å². The molecule has 2 N–H and O–H groups in total. The summed E-state index contributed by atoms with van der Waals surface area (Å²) >= 11 is 0. The van der Waals surface area contributed by atoms with E-state index >= 15 is 0 Å². The Bertz CT molecular complexity index is 843. The van der Waals surface area contributed by atoms with Gasteiger partial charge in [0.15, 0.2) is 12.6 Å². The average Bonchev–Trinajstić information content (AvgIpc) is 2.75. The van der Waals surface area contributed by atoms with Crippen molar-refractivity contribution >= 4 is 35.8 Å². The molecule has 0 saturated carbocycles. The normalized spacial score (nSPS) is 10.6. The first-order valence-corrected chi connectivity index (χ1v) is 10.2. The summed E-state index contributed by atoms with van der Waals surface area (Å²) in [7, 11) is 3.41. The van der Waals surface area contributed by atoms with Gasteiger partial charge in [0, 0.05) is 32.7 Å². The Labute approximate surface area is 202 Å². The summed E-state index contributed by atoms with van der Waals surface area (Å²) in [6.45, 7) is 6.51. The Hall–Kier alpha value is -2.49. The van der Waals surface area contributed by atoms with Gasteiger partial charge in [-0.05, 0) is 37.6 Å². The number of hydrogen-bond donors (Lipinski definition) is 2. The number of nitrogens with zero attached hydrogens (tertiary/aromatic N) is 2. The minimum atomic E-state index is -0.0793. The van der Waals surface area contributed by atoms with Gasteiger partial charge in [-0.1, -0.05) is 30.3 Å². The molecular weight excluding hydrogens is 507 g/mol. The van der Waals surface area contributed by atoms with Crippen LogP contribution in [0.25, 0.3) is 0 Å². The molecular formula is C23H33IN4O3. The topological polar surface area (TPSA) is 75.2 Å². The van der Waals surface area contributed by atoms with Gasteiger partial charge in [0.1, 0.15) is 11.5 Å². The molecule has 7 nitrogen and oxygen atoms in total. The summed E-state index contributed by atoms with van der Waals surface area (Å²) in [5, 5.41) is 6.61. The average molecular weight is 540 g/mol.